The summed E-state index contributed by atoms with van der Waals surface area (Å²) in [5, 5.41) is 2.52. The van der Waals surface area contributed by atoms with E-state index >= 15 is 0 Å². The number of aromatic nitrogens is 2. The van der Waals surface area contributed by atoms with Crippen molar-refractivity contribution >= 4 is 74.3 Å². The first kappa shape index (κ1) is 14.4. The van der Waals surface area contributed by atoms with Gasteiger partial charge in [0.25, 0.3) is 0 Å². The van der Waals surface area contributed by atoms with Crippen LogP contribution < -0.4 is 0 Å². The van der Waals surface area contributed by atoms with Crippen molar-refractivity contribution in [3.63, 3.8) is 0 Å². The van der Waals surface area contributed by atoms with Crippen molar-refractivity contribution < 1.29 is 0 Å². The maximum atomic E-state index is 3.70. The standard InChI is InChI=1S/C22H14N2S2/c1-2-8-14-13(7-1)19-21(25-17-11-5-3-9-15(17)23-19)22-20(14)24-16-10-4-6-12-18(16)26-22/h1-12,23-24H. The monoisotopic (exact) mass is 370 g/mol. The van der Waals surface area contributed by atoms with Gasteiger partial charge in [0.2, 0.25) is 0 Å². The van der Waals surface area contributed by atoms with Crippen LogP contribution in [0.3, 0.4) is 0 Å². The van der Waals surface area contributed by atoms with E-state index in [0.29, 0.717) is 0 Å². The van der Waals surface area contributed by atoms with Crippen LogP contribution in [0.25, 0.3) is 51.6 Å². The Kier molecular flexibility index (Phi) is 2.95. The van der Waals surface area contributed by atoms with Gasteiger partial charge in [0.15, 0.2) is 0 Å². The van der Waals surface area contributed by atoms with Crippen molar-refractivity contribution in [2.45, 2.75) is 0 Å². The second kappa shape index (κ2) is 5.34. The Morgan fingerprint density at radius 2 is 0.923 bits per heavy atom. The SMILES string of the molecule is c1ccc2sc3c([nH]c2c1)c1ccccc1c1[nH]c2ccccc2sc13. The maximum absolute atomic E-state index is 3.70. The molecule has 6 aromatic rings. The highest BCUT2D eigenvalue weighted by Crippen LogP contribution is 2.40. The maximum Gasteiger partial charge on any atom is 0.0712 e. The molecule has 0 aliphatic carbocycles. The lowest BCUT2D eigenvalue weighted by atomic mass is 10.1. The quantitative estimate of drug-likeness (QED) is 0.207. The van der Waals surface area contributed by atoms with Crippen molar-refractivity contribution in [1.29, 1.82) is 0 Å². The molecule has 0 unspecified atom stereocenters. The number of hydrogen-bond donors (Lipinski definition) is 2. The third-order valence-corrected chi connectivity index (χ3v) is 7.35. The van der Waals surface area contributed by atoms with E-state index in [1.165, 1.54) is 51.6 Å². The number of nitrogens with one attached hydrogen (secondary N) is 2. The van der Waals surface area contributed by atoms with E-state index in [9.17, 15) is 0 Å². The first-order valence-electron chi connectivity index (χ1n) is 8.55. The molecular weight excluding hydrogens is 356 g/mol. The third-order valence-electron chi connectivity index (χ3n) is 4.84. The number of rotatable bonds is 0. The molecule has 2 aromatic heterocycles. The van der Waals surface area contributed by atoms with Gasteiger partial charge >= 0.3 is 0 Å². The zero-order valence-electron chi connectivity index (χ0n) is 13.7. The van der Waals surface area contributed by atoms with Crippen LogP contribution in [0.2, 0.25) is 0 Å². The van der Waals surface area contributed by atoms with Gasteiger partial charge in [-0.05, 0) is 24.3 Å². The number of aromatic amines is 2. The van der Waals surface area contributed by atoms with Gasteiger partial charge in [-0.3, -0.25) is 0 Å². The fourth-order valence-electron chi connectivity index (χ4n) is 3.64. The molecule has 124 valence electrons. The van der Waals surface area contributed by atoms with Crippen molar-refractivity contribution in [3.05, 3.63) is 72.8 Å². The molecule has 0 spiro atoms. The predicted molar refractivity (Wildman–Crippen MR) is 116 cm³/mol. The summed E-state index contributed by atoms with van der Waals surface area (Å²) in [4.78, 5) is 7.39. The van der Waals surface area contributed by atoms with Crippen molar-refractivity contribution in [2.24, 2.45) is 0 Å². The molecule has 2 nitrogen and oxygen atoms in total. The smallest absolute Gasteiger partial charge is 0.0712 e. The van der Waals surface area contributed by atoms with Crippen molar-refractivity contribution in [3.8, 4) is 0 Å². The summed E-state index contributed by atoms with van der Waals surface area (Å²) in [7, 11) is 0. The van der Waals surface area contributed by atoms with Crippen LogP contribution in [-0.4, -0.2) is 9.97 Å². The van der Waals surface area contributed by atoms with E-state index in [0.717, 1.165) is 0 Å². The lowest BCUT2D eigenvalue weighted by Gasteiger charge is -2.12. The number of benzene rings is 4. The van der Waals surface area contributed by atoms with Crippen LogP contribution in [0.5, 0.6) is 0 Å². The summed E-state index contributed by atoms with van der Waals surface area (Å²) < 4.78 is 5.17. The molecule has 0 saturated heterocycles. The summed E-state index contributed by atoms with van der Waals surface area (Å²) in [5.74, 6) is 0. The molecule has 0 saturated carbocycles. The molecule has 0 fully saturated rings. The van der Waals surface area contributed by atoms with E-state index in [2.05, 4.69) is 82.8 Å². The summed E-state index contributed by atoms with van der Waals surface area (Å²) in [6.45, 7) is 0. The average molecular weight is 371 g/mol. The second-order valence-corrected chi connectivity index (χ2v) is 8.50. The fourth-order valence-corrected chi connectivity index (χ4v) is 6.00. The van der Waals surface area contributed by atoms with Crippen LogP contribution in [0.4, 0.5) is 0 Å². The lowest BCUT2D eigenvalue weighted by molar-refractivity contribution is 1.52. The number of fused-ring (bicyclic) bond motifs is 8. The summed E-state index contributed by atoms with van der Waals surface area (Å²) in [6, 6.07) is 25.7. The Morgan fingerprint density at radius 3 is 1.42 bits per heavy atom. The van der Waals surface area contributed by atoms with E-state index in [1.807, 2.05) is 22.7 Å². The highest BCUT2D eigenvalue weighted by atomic mass is 32.1. The Hall–Kier alpha value is -2.82. The van der Waals surface area contributed by atoms with Gasteiger partial charge in [-0.2, -0.15) is 0 Å². The molecule has 2 N–H and O–H groups in total. The number of para-hydroxylation sites is 2. The van der Waals surface area contributed by atoms with Crippen molar-refractivity contribution in [2.75, 3.05) is 0 Å². The molecule has 4 heteroatoms. The topological polar surface area (TPSA) is 31.6 Å². The first-order valence-corrected chi connectivity index (χ1v) is 10.2. The molecule has 0 bridgehead atoms. The van der Waals surface area contributed by atoms with Crippen molar-refractivity contribution in [1.82, 2.24) is 9.97 Å². The molecule has 0 aliphatic heterocycles. The van der Waals surface area contributed by atoms with Gasteiger partial charge < -0.3 is 9.97 Å². The van der Waals surface area contributed by atoms with E-state index in [4.69, 9.17) is 0 Å². The minimum atomic E-state index is 1.18. The van der Waals surface area contributed by atoms with Gasteiger partial charge in [-0.1, -0.05) is 48.5 Å². The van der Waals surface area contributed by atoms with E-state index in [-0.39, 0.29) is 0 Å². The third kappa shape index (κ3) is 1.97. The Morgan fingerprint density at radius 1 is 0.500 bits per heavy atom. The van der Waals surface area contributed by atoms with E-state index < -0.39 is 0 Å². The molecule has 0 radical (unpaired) electrons. The Balaban J connectivity index is 1.97. The highest BCUT2D eigenvalue weighted by Gasteiger charge is 2.12. The number of hydrogen-bond acceptors (Lipinski definition) is 2. The molecule has 26 heavy (non-hydrogen) atoms. The first-order chi connectivity index (χ1) is 12.9. The zero-order chi connectivity index (χ0) is 17.1. The molecule has 0 aliphatic rings. The van der Waals surface area contributed by atoms with Crippen LogP contribution in [0.1, 0.15) is 0 Å². The van der Waals surface area contributed by atoms with Crippen LogP contribution in [0, 0.1) is 0 Å². The largest absolute Gasteiger partial charge is 0.353 e. The average Bonchev–Trinajstić information content (AvgIpc) is 2.71. The minimum absolute atomic E-state index is 1.18. The molecular formula is C22H14N2S2. The van der Waals surface area contributed by atoms with Gasteiger partial charge in [0.1, 0.15) is 0 Å². The second-order valence-electron chi connectivity index (χ2n) is 6.40. The Labute approximate surface area is 157 Å². The molecule has 0 amide bonds. The molecule has 0 atom stereocenters. The fraction of sp³-hybridized carbons (Fsp3) is 0. The van der Waals surface area contributed by atoms with E-state index in [1.54, 1.807) is 0 Å². The van der Waals surface area contributed by atoms with Gasteiger partial charge in [-0.25, -0.2) is 0 Å². The van der Waals surface area contributed by atoms with Gasteiger partial charge in [0, 0.05) is 10.8 Å². The molecule has 6 rings (SSSR count). The van der Waals surface area contributed by atoms with Crippen LogP contribution in [0.15, 0.2) is 72.8 Å². The van der Waals surface area contributed by atoms with Crippen LogP contribution in [-0.2, 0) is 0 Å². The summed E-state index contributed by atoms with van der Waals surface area (Å²) in [6.07, 6.45) is 0. The Bertz CT molecular complexity index is 1380. The predicted octanol–water partition coefficient (Wildman–Crippen LogP) is 7.36. The zero-order valence-corrected chi connectivity index (χ0v) is 15.4. The lowest BCUT2D eigenvalue weighted by Crippen LogP contribution is -1.87. The highest BCUT2D eigenvalue weighted by molar-refractivity contribution is 7.32. The van der Waals surface area contributed by atoms with Gasteiger partial charge in [0.05, 0.1) is 40.9 Å². The van der Waals surface area contributed by atoms with Crippen LogP contribution >= 0.6 is 22.7 Å². The number of H-pyrrole nitrogens is 2. The van der Waals surface area contributed by atoms with Gasteiger partial charge in [-0.15, -0.1) is 22.7 Å². The summed E-state index contributed by atoms with van der Waals surface area (Å²) >= 11 is 3.73. The minimum Gasteiger partial charge on any atom is -0.353 e. The molecule has 2 heterocycles. The normalized spacial score (nSPS) is 11.8. The molecule has 4 aromatic carbocycles. The summed E-state index contributed by atoms with van der Waals surface area (Å²) in [5.41, 5.74) is 4.81.